The lowest BCUT2D eigenvalue weighted by molar-refractivity contribution is -0.118. The van der Waals surface area contributed by atoms with Crippen LogP contribution in [0.3, 0.4) is 0 Å². The zero-order valence-electron chi connectivity index (χ0n) is 11.0. The lowest BCUT2D eigenvalue weighted by Gasteiger charge is -2.36. The Balaban J connectivity index is 1.90. The number of amides is 1. The van der Waals surface area contributed by atoms with Crippen LogP contribution in [-0.2, 0) is 4.79 Å². The second-order valence-corrected chi connectivity index (χ2v) is 5.34. The van der Waals surface area contributed by atoms with Crippen LogP contribution in [0.1, 0.15) is 19.8 Å². The summed E-state index contributed by atoms with van der Waals surface area (Å²) in [7, 11) is 0. The molecule has 5 heteroatoms. The van der Waals surface area contributed by atoms with E-state index in [9.17, 15) is 14.3 Å². The zero-order valence-corrected chi connectivity index (χ0v) is 11.0. The summed E-state index contributed by atoms with van der Waals surface area (Å²) in [4.78, 5) is 13.7. The number of aliphatic hydroxyl groups is 1. The number of nitrogens with zero attached hydrogens (tertiary/aromatic N) is 1. The average Bonchev–Trinajstić information content (AvgIpc) is 2.30. The lowest BCUT2D eigenvalue weighted by atomic mass is 9.95. The number of benzene rings is 1. The van der Waals surface area contributed by atoms with Gasteiger partial charge in [-0.05, 0) is 38.4 Å². The van der Waals surface area contributed by atoms with E-state index in [4.69, 9.17) is 0 Å². The fourth-order valence-electron chi connectivity index (χ4n) is 2.41. The van der Waals surface area contributed by atoms with Crippen LogP contribution in [0, 0.1) is 5.82 Å². The zero-order chi connectivity index (χ0) is 13.9. The van der Waals surface area contributed by atoms with Crippen LogP contribution >= 0.6 is 0 Å². The van der Waals surface area contributed by atoms with Crippen molar-refractivity contribution >= 4 is 11.6 Å². The fourth-order valence-corrected chi connectivity index (χ4v) is 2.41. The molecule has 1 aromatic rings. The summed E-state index contributed by atoms with van der Waals surface area (Å²) in [5.41, 5.74) is -0.549. The van der Waals surface area contributed by atoms with Gasteiger partial charge in [0.15, 0.2) is 0 Å². The molecule has 2 rings (SSSR count). The van der Waals surface area contributed by atoms with E-state index in [1.54, 1.807) is 19.1 Å². The van der Waals surface area contributed by atoms with E-state index >= 15 is 0 Å². The van der Waals surface area contributed by atoms with Crippen molar-refractivity contribution in [3.63, 3.8) is 0 Å². The topological polar surface area (TPSA) is 52.6 Å². The molecule has 1 aromatic carbocycles. The van der Waals surface area contributed by atoms with Crippen molar-refractivity contribution in [2.45, 2.75) is 25.4 Å². The molecule has 0 aromatic heterocycles. The third-order valence-corrected chi connectivity index (χ3v) is 3.27. The van der Waals surface area contributed by atoms with E-state index in [1.165, 1.54) is 12.1 Å². The van der Waals surface area contributed by atoms with Crippen molar-refractivity contribution in [1.82, 2.24) is 4.90 Å². The van der Waals surface area contributed by atoms with Crippen LogP contribution in [-0.4, -0.2) is 41.1 Å². The lowest BCUT2D eigenvalue weighted by Crippen LogP contribution is -2.48. The van der Waals surface area contributed by atoms with Crippen LogP contribution in [0.4, 0.5) is 10.1 Å². The average molecular weight is 266 g/mol. The summed E-state index contributed by atoms with van der Waals surface area (Å²) >= 11 is 0. The molecule has 1 heterocycles. The summed E-state index contributed by atoms with van der Waals surface area (Å²) in [6.45, 7) is 3.19. The summed E-state index contributed by atoms with van der Waals surface area (Å²) in [6, 6.07) is 6.08. The van der Waals surface area contributed by atoms with E-state index in [0.29, 0.717) is 6.54 Å². The van der Waals surface area contributed by atoms with E-state index in [-0.39, 0.29) is 18.1 Å². The van der Waals surface area contributed by atoms with Crippen molar-refractivity contribution in [2.75, 3.05) is 25.0 Å². The smallest absolute Gasteiger partial charge is 0.238 e. The van der Waals surface area contributed by atoms with Gasteiger partial charge in [-0.2, -0.15) is 0 Å². The van der Waals surface area contributed by atoms with E-state index in [2.05, 4.69) is 5.32 Å². The number of piperidine rings is 1. The monoisotopic (exact) mass is 266 g/mol. The Morgan fingerprint density at radius 3 is 2.95 bits per heavy atom. The number of hydrogen-bond donors (Lipinski definition) is 2. The maximum atomic E-state index is 13.4. The highest BCUT2D eigenvalue weighted by molar-refractivity contribution is 5.92. The number of nitrogens with one attached hydrogen (secondary N) is 1. The van der Waals surface area contributed by atoms with Gasteiger partial charge < -0.3 is 10.4 Å². The van der Waals surface area contributed by atoms with Crippen LogP contribution in [0.25, 0.3) is 0 Å². The van der Waals surface area contributed by atoms with Gasteiger partial charge in [-0.25, -0.2) is 4.39 Å². The maximum absolute atomic E-state index is 13.4. The molecule has 0 radical (unpaired) electrons. The van der Waals surface area contributed by atoms with Gasteiger partial charge in [0.25, 0.3) is 0 Å². The molecule has 104 valence electrons. The van der Waals surface area contributed by atoms with Gasteiger partial charge in [0.05, 0.1) is 17.8 Å². The number of carbonyl (C=O) groups is 1. The Hall–Kier alpha value is -1.46. The summed E-state index contributed by atoms with van der Waals surface area (Å²) in [6.07, 6.45) is 1.61. The van der Waals surface area contributed by atoms with Crippen molar-refractivity contribution in [3.05, 3.63) is 30.1 Å². The summed E-state index contributed by atoms with van der Waals surface area (Å²) < 4.78 is 13.4. The minimum absolute atomic E-state index is 0.171. The number of para-hydroxylation sites is 1. The summed E-state index contributed by atoms with van der Waals surface area (Å²) in [5.74, 6) is -0.704. The Bertz CT molecular complexity index is 463. The van der Waals surface area contributed by atoms with E-state index < -0.39 is 11.4 Å². The quantitative estimate of drug-likeness (QED) is 0.874. The van der Waals surface area contributed by atoms with Crippen molar-refractivity contribution in [1.29, 1.82) is 0 Å². The Morgan fingerprint density at radius 2 is 2.26 bits per heavy atom. The first kappa shape index (κ1) is 14.0. The van der Waals surface area contributed by atoms with Crippen molar-refractivity contribution in [2.24, 2.45) is 0 Å². The van der Waals surface area contributed by atoms with Gasteiger partial charge >= 0.3 is 0 Å². The first-order valence-corrected chi connectivity index (χ1v) is 6.45. The predicted octanol–water partition coefficient (Wildman–Crippen LogP) is 1.61. The van der Waals surface area contributed by atoms with Crippen molar-refractivity contribution < 1.29 is 14.3 Å². The molecule has 0 saturated carbocycles. The minimum Gasteiger partial charge on any atom is -0.389 e. The molecule has 1 atom stereocenters. The third kappa shape index (κ3) is 4.01. The van der Waals surface area contributed by atoms with Gasteiger partial charge in [-0.1, -0.05) is 12.1 Å². The molecule has 0 bridgehead atoms. The Morgan fingerprint density at radius 1 is 1.53 bits per heavy atom. The molecular weight excluding hydrogens is 247 g/mol. The SMILES string of the molecule is CC1(O)CCCN(CC(=O)Nc2ccccc2F)C1. The van der Waals surface area contributed by atoms with Crippen LogP contribution < -0.4 is 5.32 Å². The normalized spacial score (nSPS) is 24.2. The third-order valence-electron chi connectivity index (χ3n) is 3.27. The second kappa shape index (κ2) is 5.67. The first-order valence-electron chi connectivity index (χ1n) is 6.45. The van der Waals surface area contributed by atoms with Crippen LogP contribution in [0.2, 0.25) is 0 Å². The summed E-state index contributed by atoms with van der Waals surface area (Å²) in [5, 5.41) is 12.5. The van der Waals surface area contributed by atoms with Crippen LogP contribution in [0.15, 0.2) is 24.3 Å². The molecule has 0 spiro atoms. The highest BCUT2D eigenvalue weighted by Gasteiger charge is 2.29. The molecule has 1 fully saturated rings. The standard InChI is InChI=1S/C14H19FN2O2/c1-14(19)7-4-8-17(10-14)9-13(18)16-12-6-3-2-5-11(12)15/h2-3,5-6,19H,4,7-10H2,1H3,(H,16,18). The number of likely N-dealkylation sites (tertiary alicyclic amines) is 1. The number of anilines is 1. The Kier molecular flexibility index (Phi) is 4.17. The fraction of sp³-hybridized carbons (Fsp3) is 0.500. The number of halogens is 1. The minimum atomic E-state index is -0.740. The van der Waals surface area contributed by atoms with Crippen molar-refractivity contribution in [3.8, 4) is 0 Å². The molecule has 0 aliphatic carbocycles. The molecule has 2 N–H and O–H groups in total. The number of hydrogen-bond acceptors (Lipinski definition) is 3. The highest BCUT2D eigenvalue weighted by Crippen LogP contribution is 2.20. The highest BCUT2D eigenvalue weighted by atomic mass is 19.1. The molecule has 1 saturated heterocycles. The van der Waals surface area contributed by atoms with Gasteiger partial charge in [0.2, 0.25) is 5.91 Å². The van der Waals surface area contributed by atoms with Gasteiger partial charge in [0, 0.05) is 6.54 Å². The maximum Gasteiger partial charge on any atom is 0.238 e. The first-order chi connectivity index (χ1) is 8.96. The Labute approximate surface area is 112 Å². The molecule has 19 heavy (non-hydrogen) atoms. The second-order valence-electron chi connectivity index (χ2n) is 5.34. The molecule has 1 unspecified atom stereocenters. The van der Waals surface area contributed by atoms with Gasteiger partial charge in [0.1, 0.15) is 5.82 Å². The van der Waals surface area contributed by atoms with E-state index in [1.807, 2.05) is 4.90 Å². The molecule has 1 amide bonds. The molecule has 4 nitrogen and oxygen atoms in total. The molecule has 1 aliphatic heterocycles. The molecular formula is C14H19FN2O2. The van der Waals surface area contributed by atoms with E-state index in [0.717, 1.165) is 19.4 Å². The largest absolute Gasteiger partial charge is 0.389 e. The van der Waals surface area contributed by atoms with Gasteiger partial charge in [-0.15, -0.1) is 0 Å². The number of rotatable bonds is 3. The number of β-amino-alcohol motifs (C(OH)–C–C–N with tert-alkyl or cyclic N) is 1. The predicted molar refractivity (Wildman–Crippen MR) is 71.3 cm³/mol. The number of carbonyl (C=O) groups excluding carboxylic acids is 1. The van der Waals surface area contributed by atoms with Crippen LogP contribution in [0.5, 0.6) is 0 Å². The molecule has 1 aliphatic rings. The van der Waals surface area contributed by atoms with Gasteiger partial charge in [-0.3, -0.25) is 9.69 Å².